The van der Waals surface area contributed by atoms with Gasteiger partial charge >= 0.3 is 5.97 Å². The van der Waals surface area contributed by atoms with Crippen molar-refractivity contribution in [2.45, 2.75) is 40.5 Å². The van der Waals surface area contributed by atoms with Gasteiger partial charge < -0.3 is 4.74 Å². The average Bonchev–Trinajstić information content (AvgIpc) is 2.62. The Morgan fingerprint density at radius 2 is 1.81 bits per heavy atom. The number of rotatable bonds is 5. The van der Waals surface area contributed by atoms with E-state index in [4.69, 9.17) is 9.72 Å². The smallest absolute Gasteiger partial charge is 0.339 e. The Balaban J connectivity index is 2.25. The molecule has 0 aliphatic rings. The summed E-state index contributed by atoms with van der Waals surface area (Å²) < 4.78 is 5.56. The van der Waals surface area contributed by atoms with Crippen LogP contribution in [0, 0.1) is 20.8 Å². The largest absolute Gasteiger partial charge is 0.462 e. The summed E-state index contributed by atoms with van der Waals surface area (Å²) in [4.78, 5) is 17.8. The Morgan fingerprint density at radius 1 is 1.08 bits per heavy atom. The number of carbonyl (C=O) groups is 1. The Hall–Kier alpha value is -2.68. The van der Waals surface area contributed by atoms with Crippen LogP contribution in [0.4, 0.5) is 0 Å². The van der Waals surface area contributed by atoms with Gasteiger partial charge in [0, 0.05) is 10.9 Å². The zero-order valence-electron chi connectivity index (χ0n) is 15.9. The Kier molecular flexibility index (Phi) is 5.36. The minimum absolute atomic E-state index is 0.259. The number of hydrogen-bond acceptors (Lipinski definition) is 3. The molecular formula is C23H25NO2. The third-order valence-electron chi connectivity index (χ3n) is 4.65. The number of ether oxygens (including phenoxy) is 1. The highest BCUT2D eigenvalue weighted by Crippen LogP contribution is 2.32. The van der Waals surface area contributed by atoms with E-state index in [1.54, 1.807) is 0 Å². The van der Waals surface area contributed by atoms with Crippen LogP contribution in [0.1, 0.15) is 46.8 Å². The molecule has 0 amide bonds. The van der Waals surface area contributed by atoms with Gasteiger partial charge in [-0.15, -0.1) is 0 Å². The van der Waals surface area contributed by atoms with Gasteiger partial charge in [-0.1, -0.05) is 55.3 Å². The summed E-state index contributed by atoms with van der Waals surface area (Å²) in [6.45, 7) is 8.58. The summed E-state index contributed by atoms with van der Waals surface area (Å²) in [7, 11) is 0. The van der Waals surface area contributed by atoms with Crippen LogP contribution in [-0.2, 0) is 4.74 Å². The SMILES string of the molecule is CCCCOC(=O)c1c(C)c(-c2ccccc2)nc2c(C)cc(C)cc12. The maximum absolute atomic E-state index is 12.9. The second-order valence-electron chi connectivity index (χ2n) is 6.79. The lowest BCUT2D eigenvalue weighted by molar-refractivity contribution is 0.0501. The summed E-state index contributed by atoms with van der Waals surface area (Å²) in [5.74, 6) is -0.259. The van der Waals surface area contributed by atoms with E-state index >= 15 is 0 Å². The molecule has 0 aliphatic heterocycles. The maximum Gasteiger partial charge on any atom is 0.339 e. The monoisotopic (exact) mass is 347 g/mol. The first-order chi connectivity index (χ1) is 12.5. The number of unbranched alkanes of at least 4 members (excludes halogenated alkanes) is 1. The van der Waals surface area contributed by atoms with E-state index in [1.807, 2.05) is 57.2 Å². The van der Waals surface area contributed by atoms with Crippen LogP contribution < -0.4 is 0 Å². The lowest BCUT2D eigenvalue weighted by Gasteiger charge is -2.16. The summed E-state index contributed by atoms with van der Waals surface area (Å²) in [5, 5.41) is 0.876. The van der Waals surface area contributed by atoms with Gasteiger partial charge in [0.05, 0.1) is 23.4 Å². The van der Waals surface area contributed by atoms with Crippen molar-refractivity contribution in [2.75, 3.05) is 6.61 Å². The molecule has 0 atom stereocenters. The van der Waals surface area contributed by atoms with E-state index in [2.05, 4.69) is 13.0 Å². The van der Waals surface area contributed by atoms with Crippen LogP contribution in [0.5, 0.6) is 0 Å². The fourth-order valence-electron chi connectivity index (χ4n) is 3.34. The molecule has 0 unspecified atom stereocenters. The molecule has 0 bridgehead atoms. The molecule has 0 aliphatic carbocycles. The van der Waals surface area contributed by atoms with Gasteiger partial charge in [-0.25, -0.2) is 9.78 Å². The number of aromatic nitrogens is 1. The van der Waals surface area contributed by atoms with Crippen LogP contribution in [0.25, 0.3) is 22.2 Å². The number of fused-ring (bicyclic) bond motifs is 1. The molecule has 1 aromatic heterocycles. The van der Waals surface area contributed by atoms with E-state index in [-0.39, 0.29) is 5.97 Å². The molecule has 0 saturated carbocycles. The highest BCUT2D eigenvalue weighted by Gasteiger charge is 2.21. The van der Waals surface area contributed by atoms with Crippen molar-refractivity contribution in [3.05, 3.63) is 64.7 Å². The van der Waals surface area contributed by atoms with Crippen LogP contribution in [0.2, 0.25) is 0 Å². The number of esters is 1. The third-order valence-corrected chi connectivity index (χ3v) is 4.65. The molecule has 0 saturated heterocycles. The van der Waals surface area contributed by atoms with Crippen LogP contribution >= 0.6 is 0 Å². The standard InChI is InChI=1S/C23H25NO2/c1-5-6-12-26-23(25)20-17(4)22(18-10-8-7-9-11-18)24-21-16(3)13-15(2)14-19(20)21/h7-11,13-14H,5-6,12H2,1-4H3. The fourth-order valence-corrected chi connectivity index (χ4v) is 3.34. The van der Waals surface area contributed by atoms with Crippen molar-refractivity contribution in [3.8, 4) is 11.3 Å². The lowest BCUT2D eigenvalue weighted by atomic mass is 9.95. The van der Waals surface area contributed by atoms with E-state index in [9.17, 15) is 4.79 Å². The van der Waals surface area contributed by atoms with Crippen molar-refractivity contribution in [1.82, 2.24) is 4.98 Å². The minimum atomic E-state index is -0.259. The maximum atomic E-state index is 12.9. The van der Waals surface area contributed by atoms with Gasteiger partial charge in [0.1, 0.15) is 0 Å². The van der Waals surface area contributed by atoms with E-state index < -0.39 is 0 Å². The predicted molar refractivity (Wildman–Crippen MR) is 107 cm³/mol. The summed E-state index contributed by atoms with van der Waals surface area (Å²) in [6.07, 6.45) is 1.87. The zero-order chi connectivity index (χ0) is 18.7. The van der Waals surface area contributed by atoms with Crippen LogP contribution in [-0.4, -0.2) is 17.6 Å². The van der Waals surface area contributed by atoms with Gasteiger partial charge in [0.15, 0.2) is 0 Å². The first kappa shape index (κ1) is 18.1. The Morgan fingerprint density at radius 3 is 2.50 bits per heavy atom. The average molecular weight is 347 g/mol. The number of carbonyl (C=O) groups excluding carboxylic acids is 1. The first-order valence-electron chi connectivity index (χ1n) is 9.17. The molecule has 0 N–H and O–H groups in total. The summed E-state index contributed by atoms with van der Waals surface area (Å²) >= 11 is 0. The number of pyridine rings is 1. The molecule has 134 valence electrons. The minimum Gasteiger partial charge on any atom is -0.462 e. The van der Waals surface area contributed by atoms with Gasteiger partial charge in [-0.3, -0.25) is 0 Å². The van der Waals surface area contributed by atoms with E-state index in [0.29, 0.717) is 12.2 Å². The van der Waals surface area contributed by atoms with Gasteiger partial charge in [-0.05, 0) is 44.4 Å². The third kappa shape index (κ3) is 3.48. The Bertz CT molecular complexity index is 946. The quantitative estimate of drug-likeness (QED) is 0.433. The molecule has 0 radical (unpaired) electrons. The molecule has 3 rings (SSSR count). The first-order valence-corrected chi connectivity index (χ1v) is 9.17. The van der Waals surface area contributed by atoms with Gasteiger partial charge in [0.25, 0.3) is 0 Å². The van der Waals surface area contributed by atoms with E-state index in [1.165, 1.54) is 0 Å². The van der Waals surface area contributed by atoms with Crippen molar-refractivity contribution < 1.29 is 9.53 Å². The highest BCUT2D eigenvalue weighted by atomic mass is 16.5. The molecule has 3 aromatic rings. The molecule has 0 spiro atoms. The molecule has 0 fully saturated rings. The molecular weight excluding hydrogens is 322 g/mol. The van der Waals surface area contributed by atoms with Crippen molar-refractivity contribution in [3.63, 3.8) is 0 Å². The topological polar surface area (TPSA) is 39.2 Å². The second-order valence-corrected chi connectivity index (χ2v) is 6.79. The summed E-state index contributed by atoms with van der Waals surface area (Å²) in [5.41, 5.74) is 6.41. The van der Waals surface area contributed by atoms with Gasteiger partial charge in [0.2, 0.25) is 0 Å². The van der Waals surface area contributed by atoms with Crippen LogP contribution in [0.15, 0.2) is 42.5 Å². The number of aryl methyl sites for hydroxylation is 2. The number of benzene rings is 2. The molecule has 26 heavy (non-hydrogen) atoms. The summed E-state index contributed by atoms with van der Waals surface area (Å²) in [6, 6.07) is 14.1. The number of hydrogen-bond donors (Lipinski definition) is 0. The number of nitrogens with zero attached hydrogens (tertiary/aromatic N) is 1. The normalized spacial score (nSPS) is 10.9. The van der Waals surface area contributed by atoms with E-state index in [0.717, 1.165) is 51.7 Å². The molecule has 1 heterocycles. The highest BCUT2D eigenvalue weighted by molar-refractivity contribution is 6.07. The molecule has 3 nitrogen and oxygen atoms in total. The van der Waals surface area contributed by atoms with Crippen molar-refractivity contribution in [1.29, 1.82) is 0 Å². The fraction of sp³-hybridized carbons (Fsp3) is 0.304. The predicted octanol–water partition coefficient (Wildman–Crippen LogP) is 5.78. The van der Waals surface area contributed by atoms with Crippen molar-refractivity contribution >= 4 is 16.9 Å². The van der Waals surface area contributed by atoms with Crippen molar-refractivity contribution in [2.24, 2.45) is 0 Å². The zero-order valence-corrected chi connectivity index (χ0v) is 15.9. The van der Waals surface area contributed by atoms with Gasteiger partial charge in [-0.2, -0.15) is 0 Å². The van der Waals surface area contributed by atoms with Crippen LogP contribution in [0.3, 0.4) is 0 Å². The molecule has 2 aromatic carbocycles. The second kappa shape index (κ2) is 7.69. The lowest BCUT2D eigenvalue weighted by Crippen LogP contribution is -2.11. The molecule has 3 heteroatoms. The Labute approximate surface area is 155 Å².